The fourth-order valence-corrected chi connectivity index (χ4v) is 3.26. The molecule has 0 radical (unpaired) electrons. The summed E-state index contributed by atoms with van der Waals surface area (Å²) in [7, 11) is 0. The van der Waals surface area contributed by atoms with Crippen LogP contribution in [0.15, 0.2) is 29.6 Å². The Balaban J connectivity index is 2.01. The molecule has 0 saturated carbocycles. The normalized spacial score (nSPS) is 11.3. The molecular formula is C14H11Cl2FN2S. The molecule has 3 rings (SSSR count). The average molecular weight is 329 g/mol. The fourth-order valence-electron chi connectivity index (χ4n) is 2.20. The van der Waals surface area contributed by atoms with Crippen molar-refractivity contribution in [3.63, 3.8) is 0 Å². The highest BCUT2D eigenvalue weighted by Gasteiger charge is 2.13. The first-order valence-electron chi connectivity index (χ1n) is 6.11. The molecule has 0 fully saturated rings. The van der Waals surface area contributed by atoms with Crippen molar-refractivity contribution < 1.29 is 4.39 Å². The Morgan fingerprint density at radius 1 is 1.35 bits per heavy atom. The van der Waals surface area contributed by atoms with Crippen LogP contribution >= 0.6 is 34.5 Å². The van der Waals surface area contributed by atoms with E-state index in [0.29, 0.717) is 11.4 Å². The maximum Gasteiger partial charge on any atom is 0.144 e. The Morgan fingerprint density at radius 2 is 2.20 bits per heavy atom. The van der Waals surface area contributed by atoms with E-state index in [1.807, 2.05) is 10.6 Å². The minimum atomic E-state index is -0.455. The van der Waals surface area contributed by atoms with Gasteiger partial charge in [0.1, 0.15) is 11.6 Å². The Labute approximate surface area is 129 Å². The lowest BCUT2D eigenvalue weighted by atomic mass is 10.3. The Hall–Kier alpha value is -1.10. The van der Waals surface area contributed by atoms with Crippen molar-refractivity contribution in [3.8, 4) is 0 Å². The number of rotatable bonds is 4. The maximum atomic E-state index is 13.5. The second kappa shape index (κ2) is 5.72. The molecule has 2 nitrogen and oxygen atoms in total. The predicted molar refractivity (Wildman–Crippen MR) is 82.3 cm³/mol. The molecule has 0 N–H and O–H groups in total. The highest BCUT2D eigenvalue weighted by molar-refractivity contribution is 7.09. The molecule has 0 aliphatic heterocycles. The second-order valence-electron chi connectivity index (χ2n) is 4.40. The zero-order chi connectivity index (χ0) is 14.1. The van der Waals surface area contributed by atoms with E-state index in [2.05, 4.69) is 16.4 Å². The van der Waals surface area contributed by atoms with Crippen molar-refractivity contribution in [2.45, 2.75) is 18.8 Å². The molecule has 0 aliphatic rings. The van der Waals surface area contributed by atoms with Gasteiger partial charge in [-0.05, 0) is 23.9 Å². The van der Waals surface area contributed by atoms with Crippen LogP contribution in [0.5, 0.6) is 0 Å². The minimum absolute atomic E-state index is 0.107. The number of nitrogens with zero attached hydrogens (tertiary/aromatic N) is 2. The van der Waals surface area contributed by atoms with Gasteiger partial charge in [-0.3, -0.25) is 0 Å². The molecule has 2 heterocycles. The van der Waals surface area contributed by atoms with Crippen LogP contribution in [0.1, 0.15) is 10.7 Å². The van der Waals surface area contributed by atoms with Crippen molar-refractivity contribution in [1.29, 1.82) is 0 Å². The van der Waals surface area contributed by atoms with Gasteiger partial charge in [-0.25, -0.2) is 9.37 Å². The van der Waals surface area contributed by atoms with Crippen molar-refractivity contribution >= 4 is 45.6 Å². The van der Waals surface area contributed by atoms with Crippen LogP contribution in [0.2, 0.25) is 5.02 Å². The number of imidazole rings is 1. The van der Waals surface area contributed by atoms with Crippen LogP contribution in [-0.4, -0.2) is 9.55 Å². The number of aryl methyl sites for hydroxylation is 2. The summed E-state index contributed by atoms with van der Waals surface area (Å²) in [6, 6.07) is 7.09. The Bertz CT molecular complexity index is 737. The average Bonchev–Trinajstić information content (AvgIpc) is 3.05. The summed E-state index contributed by atoms with van der Waals surface area (Å²) in [5.41, 5.74) is 1.41. The highest BCUT2D eigenvalue weighted by atomic mass is 35.5. The third-order valence-electron chi connectivity index (χ3n) is 3.15. The summed E-state index contributed by atoms with van der Waals surface area (Å²) in [6.45, 7) is 0.751. The van der Waals surface area contributed by atoms with Gasteiger partial charge in [0, 0.05) is 17.5 Å². The van der Waals surface area contributed by atoms with Crippen LogP contribution < -0.4 is 0 Å². The van der Waals surface area contributed by atoms with Gasteiger partial charge in [0.15, 0.2) is 0 Å². The summed E-state index contributed by atoms with van der Waals surface area (Å²) < 4.78 is 15.5. The number of fused-ring (bicyclic) bond motifs is 1. The Morgan fingerprint density at radius 3 is 2.90 bits per heavy atom. The molecule has 3 aromatic rings. The van der Waals surface area contributed by atoms with Crippen molar-refractivity contribution in [1.82, 2.24) is 9.55 Å². The lowest BCUT2D eigenvalue weighted by Gasteiger charge is -2.07. The van der Waals surface area contributed by atoms with E-state index in [0.717, 1.165) is 24.3 Å². The number of thiophene rings is 1. The largest absolute Gasteiger partial charge is 0.327 e. The molecule has 6 heteroatoms. The molecule has 0 bridgehead atoms. The molecule has 0 saturated heterocycles. The monoisotopic (exact) mass is 328 g/mol. The SMILES string of the molecule is Fc1cc2nc(CCl)n(CCc3cccs3)c2cc1Cl. The lowest BCUT2D eigenvalue weighted by molar-refractivity contribution is 0.629. The number of hydrogen-bond donors (Lipinski definition) is 0. The summed E-state index contributed by atoms with van der Waals surface area (Å²) in [6.07, 6.45) is 0.891. The zero-order valence-electron chi connectivity index (χ0n) is 10.4. The van der Waals surface area contributed by atoms with Crippen molar-refractivity contribution in [2.75, 3.05) is 0 Å². The summed E-state index contributed by atoms with van der Waals surface area (Å²) in [5.74, 6) is 0.571. The van der Waals surface area contributed by atoms with Crippen LogP contribution in [0, 0.1) is 5.82 Å². The van der Waals surface area contributed by atoms with Gasteiger partial charge in [-0.1, -0.05) is 17.7 Å². The van der Waals surface area contributed by atoms with Gasteiger partial charge < -0.3 is 4.57 Å². The van der Waals surface area contributed by atoms with Gasteiger partial charge >= 0.3 is 0 Å². The molecule has 20 heavy (non-hydrogen) atoms. The van der Waals surface area contributed by atoms with Gasteiger partial charge in [-0.2, -0.15) is 0 Å². The quantitative estimate of drug-likeness (QED) is 0.624. The van der Waals surface area contributed by atoms with Gasteiger partial charge in [0.25, 0.3) is 0 Å². The van der Waals surface area contributed by atoms with E-state index in [9.17, 15) is 4.39 Å². The van der Waals surface area contributed by atoms with E-state index in [1.165, 1.54) is 10.9 Å². The third kappa shape index (κ3) is 2.55. The first-order chi connectivity index (χ1) is 9.69. The van der Waals surface area contributed by atoms with Gasteiger partial charge in [0.2, 0.25) is 0 Å². The molecule has 104 valence electrons. The van der Waals surface area contributed by atoms with E-state index in [4.69, 9.17) is 23.2 Å². The minimum Gasteiger partial charge on any atom is -0.327 e. The first kappa shape index (κ1) is 13.9. The van der Waals surface area contributed by atoms with E-state index < -0.39 is 5.82 Å². The second-order valence-corrected chi connectivity index (χ2v) is 6.10. The summed E-state index contributed by atoms with van der Waals surface area (Å²) in [5, 5.41) is 2.16. The molecule has 0 amide bonds. The molecule has 0 unspecified atom stereocenters. The third-order valence-corrected chi connectivity index (χ3v) is 4.62. The molecule has 0 spiro atoms. The van der Waals surface area contributed by atoms with Gasteiger partial charge in [0.05, 0.1) is 21.9 Å². The smallest absolute Gasteiger partial charge is 0.144 e. The van der Waals surface area contributed by atoms with E-state index in [1.54, 1.807) is 17.4 Å². The van der Waals surface area contributed by atoms with Gasteiger partial charge in [-0.15, -0.1) is 22.9 Å². The van der Waals surface area contributed by atoms with Crippen LogP contribution in [0.3, 0.4) is 0 Å². The molecule has 0 aliphatic carbocycles. The standard InChI is InChI=1S/C14H11Cl2FN2S/c15-8-14-18-12-7-11(17)10(16)6-13(12)19(14)4-3-9-2-1-5-20-9/h1-2,5-7H,3-4,8H2. The molecule has 1 aromatic carbocycles. The number of halogens is 3. The van der Waals surface area contributed by atoms with Crippen LogP contribution in [0.4, 0.5) is 4.39 Å². The zero-order valence-corrected chi connectivity index (χ0v) is 12.8. The number of benzene rings is 1. The summed E-state index contributed by atoms with van der Waals surface area (Å²) >= 11 is 13.5. The molecule has 0 atom stereocenters. The first-order valence-corrected chi connectivity index (χ1v) is 7.90. The van der Waals surface area contributed by atoms with Crippen LogP contribution in [0.25, 0.3) is 11.0 Å². The van der Waals surface area contributed by atoms with E-state index in [-0.39, 0.29) is 5.02 Å². The Kier molecular flexibility index (Phi) is 3.96. The van der Waals surface area contributed by atoms with Crippen molar-refractivity contribution in [2.24, 2.45) is 0 Å². The predicted octanol–water partition coefficient (Wildman–Crippen LogP) is 4.87. The number of alkyl halides is 1. The van der Waals surface area contributed by atoms with E-state index >= 15 is 0 Å². The lowest BCUT2D eigenvalue weighted by Crippen LogP contribution is -2.04. The fraction of sp³-hybridized carbons (Fsp3) is 0.214. The highest BCUT2D eigenvalue weighted by Crippen LogP contribution is 2.25. The summed E-state index contributed by atoms with van der Waals surface area (Å²) in [4.78, 5) is 5.66. The number of aromatic nitrogens is 2. The molecular weight excluding hydrogens is 318 g/mol. The topological polar surface area (TPSA) is 17.8 Å². The van der Waals surface area contributed by atoms with Crippen LogP contribution in [-0.2, 0) is 18.8 Å². The maximum absolute atomic E-state index is 13.5. The number of hydrogen-bond acceptors (Lipinski definition) is 2. The molecule has 2 aromatic heterocycles. The van der Waals surface area contributed by atoms with Crippen molar-refractivity contribution in [3.05, 3.63) is 51.2 Å².